The number of amidine groups is 1. The molecule has 2 N–H and O–H groups in total. The number of aliphatic imine (C=N–C) groups is 2. The average molecular weight is 226 g/mol. The van der Waals surface area contributed by atoms with E-state index in [1.54, 1.807) is 30.6 Å². The molecule has 0 saturated carbocycles. The molecule has 0 fully saturated rings. The van der Waals surface area contributed by atoms with E-state index in [2.05, 4.69) is 15.0 Å². The van der Waals surface area contributed by atoms with Gasteiger partial charge in [-0.2, -0.15) is 0 Å². The lowest BCUT2D eigenvalue weighted by Gasteiger charge is -1.88. The molecule has 5 heteroatoms. The van der Waals surface area contributed by atoms with Gasteiger partial charge in [-0.3, -0.25) is 9.78 Å². The van der Waals surface area contributed by atoms with Gasteiger partial charge < -0.3 is 5.73 Å². The molecule has 0 aliphatic carbocycles. The van der Waals surface area contributed by atoms with Crippen LogP contribution >= 0.6 is 0 Å². The Balaban J connectivity index is 0.000000127. The van der Waals surface area contributed by atoms with Crippen LogP contribution in [0.4, 0.5) is 0 Å². The minimum atomic E-state index is -0.490. The number of hydrogen-bond acceptors (Lipinski definition) is 4. The van der Waals surface area contributed by atoms with Crippen molar-refractivity contribution in [2.24, 2.45) is 15.7 Å². The first kappa shape index (κ1) is 10.9. The Morgan fingerprint density at radius 3 is 2.76 bits per heavy atom. The van der Waals surface area contributed by atoms with Crippen molar-refractivity contribution in [2.45, 2.75) is 0 Å². The fourth-order valence-corrected chi connectivity index (χ4v) is 1.27. The molecule has 17 heavy (non-hydrogen) atoms. The second kappa shape index (κ2) is 4.98. The van der Waals surface area contributed by atoms with Crippen LogP contribution in [0, 0.1) is 0 Å². The van der Waals surface area contributed by atoms with Crippen molar-refractivity contribution in [1.29, 1.82) is 0 Å². The van der Waals surface area contributed by atoms with Gasteiger partial charge in [0.2, 0.25) is 0 Å². The molecule has 0 spiro atoms. The zero-order valence-corrected chi connectivity index (χ0v) is 8.95. The zero-order chi connectivity index (χ0) is 12.1. The van der Waals surface area contributed by atoms with Gasteiger partial charge in [-0.05, 0) is 24.3 Å². The van der Waals surface area contributed by atoms with Crippen molar-refractivity contribution in [3.63, 3.8) is 0 Å². The molecule has 0 unspecified atom stereocenters. The third-order valence-electron chi connectivity index (χ3n) is 2.08. The summed E-state index contributed by atoms with van der Waals surface area (Å²) >= 11 is 0. The molecule has 5 nitrogen and oxygen atoms in total. The zero-order valence-electron chi connectivity index (χ0n) is 8.95. The number of carbonyl (C=O) groups excluding carboxylic acids is 1. The molecule has 1 aromatic heterocycles. The predicted octanol–water partition coefficient (Wildman–Crippen LogP) is 1.10. The van der Waals surface area contributed by atoms with Crippen molar-refractivity contribution in [2.75, 3.05) is 0 Å². The Morgan fingerprint density at radius 1 is 1.29 bits per heavy atom. The number of aromatic nitrogens is 1. The molecule has 3 rings (SSSR count). The Morgan fingerprint density at radius 2 is 2.18 bits per heavy atom. The number of allylic oxidation sites excluding steroid dienone is 1. The number of hydrogen-bond donors (Lipinski definition) is 1. The van der Waals surface area contributed by atoms with Crippen LogP contribution in [0.25, 0.3) is 0 Å². The topological polar surface area (TPSA) is 80.7 Å². The monoisotopic (exact) mass is 226 g/mol. The lowest BCUT2D eigenvalue weighted by atomic mass is 10.3. The van der Waals surface area contributed by atoms with Crippen LogP contribution in [0.5, 0.6) is 0 Å². The normalized spacial score (nSPS) is 14.6. The van der Waals surface area contributed by atoms with E-state index < -0.39 is 5.91 Å². The molecule has 0 bridgehead atoms. The standard InChI is InChI=1S/C6H6N2O.C6H4N2/c7-6(9)5-3-1-2-4-8-5;1-3-7-6-5(1)2-4-8-6/h1-4H,(H2,7,9);1-4H. The van der Waals surface area contributed by atoms with Crippen LogP contribution in [-0.4, -0.2) is 22.9 Å². The van der Waals surface area contributed by atoms with Gasteiger partial charge in [-0.1, -0.05) is 6.07 Å². The molecular formula is C12H10N4O. The summed E-state index contributed by atoms with van der Waals surface area (Å²) in [5.41, 5.74) is 6.35. The van der Waals surface area contributed by atoms with Crippen molar-refractivity contribution < 1.29 is 4.79 Å². The van der Waals surface area contributed by atoms with Gasteiger partial charge in [0.25, 0.3) is 5.91 Å². The van der Waals surface area contributed by atoms with Crippen molar-refractivity contribution in [3.05, 3.63) is 54.0 Å². The molecule has 2 aliphatic rings. The lowest BCUT2D eigenvalue weighted by Crippen LogP contribution is -2.12. The van der Waals surface area contributed by atoms with E-state index >= 15 is 0 Å². The summed E-state index contributed by atoms with van der Waals surface area (Å²) in [6.45, 7) is 0. The third kappa shape index (κ3) is 2.72. The molecule has 1 aromatic rings. The van der Waals surface area contributed by atoms with Crippen LogP contribution in [0.1, 0.15) is 10.5 Å². The van der Waals surface area contributed by atoms with Gasteiger partial charge in [-0.25, -0.2) is 9.98 Å². The van der Waals surface area contributed by atoms with E-state index in [0.29, 0.717) is 5.69 Å². The quantitative estimate of drug-likeness (QED) is 0.778. The first-order valence-corrected chi connectivity index (χ1v) is 4.97. The van der Waals surface area contributed by atoms with Crippen LogP contribution in [0.2, 0.25) is 0 Å². The molecule has 2 aliphatic heterocycles. The molecule has 0 radical (unpaired) electrons. The smallest absolute Gasteiger partial charge is 0.267 e. The van der Waals surface area contributed by atoms with Crippen molar-refractivity contribution in [3.8, 4) is 0 Å². The maximum atomic E-state index is 10.4. The van der Waals surface area contributed by atoms with E-state index in [-0.39, 0.29) is 0 Å². The minimum absolute atomic E-state index is 0.303. The Kier molecular flexibility index (Phi) is 3.20. The Hall–Kier alpha value is -2.56. The minimum Gasteiger partial charge on any atom is -0.364 e. The van der Waals surface area contributed by atoms with E-state index in [4.69, 9.17) is 5.73 Å². The van der Waals surface area contributed by atoms with Crippen molar-refractivity contribution >= 4 is 18.0 Å². The lowest BCUT2D eigenvalue weighted by molar-refractivity contribution is 0.0995. The molecule has 3 heterocycles. The van der Waals surface area contributed by atoms with E-state index in [1.165, 1.54) is 6.20 Å². The highest BCUT2D eigenvalue weighted by atomic mass is 16.1. The van der Waals surface area contributed by atoms with Gasteiger partial charge in [-0.15, -0.1) is 0 Å². The Labute approximate surface area is 98.1 Å². The van der Waals surface area contributed by atoms with Crippen LogP contribution < -0.4 is 5.73 Å². The molecule has 0 atom stereocenters. The fourth-order valence-electron chi connectivity index (χ4n) is 1.27. The largest absolute Gasteiger partial charge is 0.364 e. The number of rotatable bonds is 1. The maximum absolute atomic E-state index is 10.4. The van der Waals surface area contributed by atoms with Gasteiger partial charge in [0.05, 0.1) is 0 Å². The summed E-state index contributed by atoms with van der Waals surface area (Å²) in [6.07, 6.45) is 8.94. The van der Waals surface area contributed by atoms with E-state index in [9.17, 15) is 4.79 Å². The van der Waals surface area contributed by atoms with Crippen LogP contribution in [-0.2, 0) is 0 Å². The highest BCUT2D eigenvalue weighted by Crippen LogP contribution is 2.12. The second-order valence-electron chi connectivity index (χ2n) is 3.25. The molecule has 84 valence electrons. The third-order valence-corrected chi connectivity index (χ3v) is 2.08. The average Bonchev–Trinajstić information content (AvgIpc) is 2.93. The summed E-state index contributed by atoms with van der Waals surface area (Å²) in [7, 11) is 0. The number of carbonyl (C=O) groups is 1. The van der Waals surface area contributed by atoms with Gasteiger partial charge in [0.1, 0.15) is 5.69 Å². The van der Waals surface area contributed by atoms with Gasteiger partial charge >= 0.3 is 0 Å². The second-order valence-corrected chi connectivity index (χ2v) is 3.25. The van der Waals surface area contributed by atoms with E-state index in [0.717, 1.165) is 11.4 Å². The van der Waals surface area contributed by atoms with Gasteiger partial charge in [0.15, 0.2) is 5.84 Å². The summed E-state index contributed by atoms with van der Waals surface area (Å²) < 4.78 is 0. The summed E-state index contributed by atoms with van der Waals surface area (Å²) in [6, 6.07) is 5.02. The van der Waals surface area contributed by atoms with Gasteiger partial charge in [0, 0.05) is 24.2 Å². The van der Waals surface area contributed by atoms with Crippen LogP contribution in [0.3, 0.4) is 0 Å². The first-order chi connectivity index (χ1) is 8.27. The number of pyridine rings is 1. The number of nitrogens with two attached hydrogens (primary N) is 1. The van der Waals surface area contributed by atoms with Crippen molar-refractivity contribution in [1.82, 2.24) is 4.98 Å². The summed E-state index contributed by atoms with van der Waals surface area (Å²) in [5.74, 6) is 0.362. The highest BCUT2D eigenvalue weighted by Gasteiger charge is 2.08. The molecule has 0 aromatic carbocycles. The summed E-state index contributed by atoms with van der Waals surface area (Å²) in [4.78, 5) is 22.0. The molecule has 1 amide bonds. The number of fused-ring (bicyclic) bond motifs is 1. The SMILES string of the molecule is C1=CC2=CC=NC2=N1.NC(=O)c1ccccn1. The first-order valence-electron chi connectivity index (χ1n) is 4.97. The van der Waals surface area contributed by atoms with Crippen LogP contribution in [0.15, 0.2) is 58.3 Å². The molecule has 0 saturated heterocycles. The Bertz CT molecular complexity index is 515. The maximum Gasteiger partial charge on any atom is 0.267 e. The highest BCUT2D eigenvalue weighted by molar-refractivity contribution is 6.14. The number of amides is 1. The van der Waals surface area contributed by atoms with E-state index in [1.807, 2.05) is 12.2 Å². The predicted molar refractivity (Wildman–Crippen MR) is 65.9 cm³/mol. The molecular weight excluding hydrogens is 216 g/mol. The number of primary amides is 1. The summed E-state index contributed by atoms with van der Waals surface area (Å²) in [5, 5.41) is 0. The number of nitrogens with zero attached hydrogens (tertiary/aromatic N) is 3. The fraction of sp³-hybridized carbons (Fsp3) is 0.